The van der Waals surface area contributed by atoms with Crippen LogP contribution in [0.25, 0.3) is 0 Å². The first-order valence-corrected chi connectivity index (χ1v) is 31.0. The molecule has 436 valence electrons. The predicted octanol–water partition coefficient (Wildman–Crippen LogP) is 10.7. The number of amides is 4. The number of rotatable bonds is 29. The molecular weight excluding hydrogens is 1090 g/mol. The average Bonchev–Trinajstić information content (AvgIpc) is 2.49. The molecule has 0 aliphatic carbocycles. The molecule has 0 radical (unpaired) electrons. The number of anilines is 3. The quantitative estimate of drug-likeness (QED) is 0.0252. The normalized spacial score (nSPS) is 16.8. The summed E-state index contributed by atoms with van der Waals surface area (Å²) in [6.07, 6.45) is 9.44. The molecule has 16 nitrogen and oxygen atoms in total. The summed E-state index contributed by atoms with van der Waals surface area (Å²) < 4.78 is 36.1. The van der Waals surface area contributed by atoms with Crippen molar-refractivity contribution in [2.24, 2.45) is 4.99 Å². The highest BCUT2D eigenvalue weighted by Crippen LogP contribution is 2.43. The summed E-state index contributed by atoms with van der Waals surface area (Å²) in [5, 5.41) is 0. The van der Waals surface area contributed by atoms with Gasteiger partial charge in [-0.15, -0.1) is 0 Å². The lowest BCUT2D eigenvalue weighted by Gasteiger charge is -2.34. The Kier molecular flexibility index (Phi) is 19.4. The zero-order valence-corrected chi connectivity index (χ0v) is 49.7. The number of benzene rings is 5. The van der Waals surface area contributed by atoms with Crippen molar-refractivity contribution in [2.45, 2.75) is 102 Å². The standard InChI is InChI=1S/C65H73N5O11S2/c1-43-30-53-46(18-19-49-34-47-12-6-8-16-56(47)69(49)63(53)74)36-58(43)80-40-44-31-45(41-81-60-38-55-54(37-59(60)77-5)64(75)70-51(39-66-55)35-48-13-7-9-17-57(48)70)33-50(32-44)67(23-24-78-27-28-79-26-25-76-4)42-65(2,3)83-82-29-11-15-52(71)14-10-22-68-61(72)20-21-62(68)73/h6-9,12-13,16-17,20-21,30-33,36-39,49,51H,10-11,14-15,18-19,22-29,34-35,40-42H2,1-5H3/t49-,51+/m1/s1. The SMILES string of the molecule is COCCOCCOCCN(CC(C)(C)SSCCCC(=O)CCCN1C(=O)C=CC1=O)c1cc(COc2cc3c(cc2C)C(=O)N2c4ccccc4C[C@H]2CC3)cc(COc2cc3c(cc2OC)C(=O)N2c4ccccc4C[C@H]2C=N3)c1. The van der Waals surface area contributed by atoms with Gasteiger partial charge in [-0.1, -0.05) is 58.0 Å². The molecule has 0 N–H and O–H groups in total. The fourth-order valence-corrected chi connectivity index (χ4v) is 14.1. The molecule has 0 saturated heterocycles. The first kappa shape index (κ1) is 59.2. The number of methoxy groups -OCH3 is 2. The van der Waals surface area contributed by atoms with Crippen molar-refractivity contribution in [3.63, 3.8) is 0 Å². The van der Waals surface area contributed by atoms with E-state index < -0.39 is 0 Å². The Bertz CT molecular complexity index is 3270. The van der Waals surface area contributed by atoms with E-state index in [2.05, 4.69) is 61.2 Å². The van der Waals surface area contributed by atoms with Crippen LogP contribution in [0, 0.1) is 6.92 Å². The van der Waals surface area contributed by atoms with E-state index in [0.717, 1.165) is 81.2 Å². The van der Waals surface area contributed by atoms with Crippen LogP contribution >= 0.6 is 21.6 Å². The minimum absolute atomic E-state index is 0.0326. The highest BCUT2D eigenvalue weighted by Gasteiger charge is 2.39. The van der Waals surface area contributed by atoms with Crippen LogP contribution in [-0.4, -0.2) is 130 Å². The van der Waals surface area contributed by atoms with Gasteiger partial charge in [0.1, 0.15) is 24.7 Å². The number of carbonyl (C=O) groups is 5. The van der Waals surface area contributed by atoms with Crippen LogP contribution in [-0.2, 0) is 61.1 Å². The molecule has 18 heteroatoms. The van der Waals surface area contributed by atoms with E-state index in [1.807, 2.05) is 59.3 Å². The van der Waals surface area contributed by atoms with E-state index in [1.54, 1.807) is 47.9 Å². The summed E-state index contributed by atoms with van der Waals surface area (Å²) in [5.41, 5.74) is 10.4. The van der Waals surface area contributed by atoms with E-state index in [-0.39, 0.29) is 66.0 Å². The minimum Gasteiger partial charge on any atom is -0.493 e. The van der Waals surface area contributed by atoms with Gasteiger partial charge in [0, 0.05) is 110 Å². The number of nitrogens with zero attached hydrogens (tertiary/aromatic N) is 5. The Morgan fingerprint density at radius 1 is 0.711 bits per heavy atom. The summed E-state index contributed by atoms with van der Waals surface area (Å²) in [5.74, 6) is 1.70. The van der Waals surface area contributed by atoms with Crippen LogP contribution in [0.5, 0.6) is 17.2 Å². The second kappa shape index (κ2) is 27.2. The number of hydrogen-bond donors (Lipinski definition) is 0. The van der Waals surface area contributed by atoms with Crippen LogP contribution in [0.2, 0.25) is 0 Å². The molecule has 0 unspecified atom stereocenters. The number of ether oxygens (including phenoxy) is 6. The Hall–Kier alpha value is -6.96. The summed E-state index contributed by atoms with van der Waals surface area (Å²) in [6.45, 7) is 10.5. The van der Waals surface area contributed by atoms with Crippen molar-refractivity contribution in [3.8, 4) is 17.2 Å². The van der Waals surface area contributed by atoms with Gasteiger partial charge in [0.2, 0.25) is 0 Å². The van der Waals surface area contributed by atoms with E-state index in [1.165, 1.54) is 22.6 Å². The summed E-state index contributed by atoms with van der Waals surface area (Å²) in [4.78, 5) is 77.4. The Morgan fingerprint density at radius 3 is 2.11 bits per heavy atom. The minimum atomic E-state index is -0.329. The number of aryl methyl sites for hydroxylation is 2. The maximum Gasteiger partial charge on any atom is 0.261 e. The van der Waals surface area contributed by atoms with Crippen LogP contribution < -0.4 is 28.9 Å². The van der Waals surface area contributed by atoms with Gasteiger partial charge in [0.05, 0.1) is 57.4 Å². The molecular formula is C65H73N5O11S2. The second-order valence-electron chi connectivity index (χ2n) is 22.1. The Balaban J connectivity index is 0.880. The Labute approximate surface area is 494 Å². The predicted molar refractivity (Wildman–Crippen MR) is 326 cm³/mol. The summed E-state index contributed by atoms with van der Waals surface area (Å²) in [6, 6.07) is 30.0. The molecule has 83 heavy (non-hydrogen) atoms. The maximum atomic E-state index is 14.3. The third kappa shape index (κ3) is 14.2. The van der Waals surface area contributed by atoms with Gasteiger partial charge >= 0.3 is 0 Å². The van der Waals surface area contributed by atoms with Gasteiger partial charge in [-0.05, 0) is 135 Å². The van der Waals surface area contributed by atoms with Gasteiger partial charge in [0.25, 0.3) is 23.6 Å². The maximum absolute atomic E-state index is 14.3. The topological polar surface area (TPSA) is 166 Å². The van der Waals surface area contributed by atoms with E-state index >= 15 is 0 Å². The molecule has 10 rings (SSSR count). The van der Waals surface area contributed by atoms with Crippen LogP contribution in [0.15, 0.2) is 108 Å². The number of aliphatic imine (C=N–C) groups is 1. The number of hydrogen-bond acceptors (Lipinski definition) is 15. The number of imide groups is 1. The first-order chi connectivity index (χ1) is 40.3. The van der Waals surface area contributed by atoms with Gasteiger partial charge in [-0.2, -0.15) is 0 Å². The molecule has 5 aliphatic rings. The molecule has 0 fully saturated rings. The molecule has 0 spiro atoms. The molecule has 5 heterocycles. The number of ketones is 1. The average molecular weight is 1160 g/mol. The van der Waals surface area contributed by atoms with Gasteiger partial charge in [-0.25, -0.2) is 0 Å². The smallest absolute Gasteiger partial charge is 0.261 e. The number of Topliss-reactive ketones (excluding diaryl/α,β-unsaturated/α-hetero) is 1. The third-order valence-corrected chi connectivity index (χ3v) is 18.9. The molecule has 5 aromatic carbocycles. The number of fused-ring (bicyclic) bond motifs is 8. The number of carbonyl (C=O) groups excluding carboxylic acids is 5. The van der Waals surface area contributed by atoms with Crippen molar-refractivity contribution in [1.82, 2.24) is 4.90 Å². The Morgan fingerprint density at radius 2 is 1.37 bits per heavy atom. The van der Waals surface area contributed by atoms with Crippen molar-refractivity contribution in [3.05, 3.63) is 148 Å². The van der Waals surface area contributed by atoms with Gasteiger partial charge in [-0.3, -0.25) is 38.8 Å². The second-order valence-corrected chi connectivity index (χ2v) is 25.3. The van der Waals surface area contributed by atoms with E-state index in [0.29, 0.717) is 101 Å². The van der Waals surface area contributed by atoms with Crippen molar-refractivity contribution in [1.29, 1.82) is 0 Å². The summed E-state index contributed by atoms with van der Waals surface area (Å²) in [7, 11) is 6.73. The lowest BCUT2D eigenvalue weighted by molar-refractivity contribution is -0.137. The first-order valence-electron chi connectivity index (χ1n) is 28.6. The fourth-order valence-electron chi connectivity index (χ4n) is 11.5. The van der Waals surface area contributed by atoms with Crippen LogP contribution in [0.3, 0.4) is 0 Å². The molecule has 0 aromatic heterocycles. The molecule has 4 amide bonds. The summed E-state index contributed by atoms with van der Waals surface area (Å²) >= 11 is 0. The molecule has 0 saturated carbocycles. The molecule has 5 aliphatic heterocycles. The molecule has 0 bridgehead atoms. The lowest BCUT2D eigenvalue weighted by Crippen LogP contribution is -2.38. The molecule has 2 atom stereocenters. The number of para-hydroxylation sites is 2. The zero-order chi connectivity index (χ0) is 58.0. The molecule has 5 aromatic rings. The third-order valence-electron chi connectivity index (χ3n) is 15.6. The van der Waals surface area contributed by atoms with E-state index in [9.17, 15) is 24.0 Å². The zero-order valence-electron chi connectivity index (χ0n) is 48.0. The van der Waals surface area contributed by atoms with Crippen molar-refractivity contribution in [2.75, 3.05) is 87.3 Å². The monoisotopic (exact) mass is 1160 g/mol. The highest BCUT2D eigenvalue weighted by molar-refractivity contribution is 8.77. The highest BCUT2D eigenvalue weighted by atomic mass is 33.1. The fraction of sp³-hybridized carbons (Fsp3) is 0.415. The van der Waals surface area contributed by atoms with Gasteiger partial charge < -0.3 is 38.2 Å². The van der Waals surface area contributed by atoms with Crippen LogP contribution in [0.1, 0.15) is 100 Å². The van der Waals surface area contributed by atoms with Crippen LogP contribution in [0.4, 0.5) is 22.7 Å². The van der Waals surface area contributed by atoms with Gasteiger partial charge in [0.15, 0.2) is 11.5 Å². The van der Waals surface area contributed by atoms with Crippen molar-refractivity contribution >= 4 is 80.0 Å². The lowest BCUT2D eigenvalue weighted by atomic mass is 9.98. The van der Waals surface area contributed by atoms with Crippen molar-refractivity contribution < 1.29 is 52.4 Å². The largest absolute Gasteiger partial charge is 0.493 e. The van der Waals surface area contributed by atoms with E-state index in [4.69, 9.17) is 33.4 Å².